The maximum atomic E-state index is 11.5. The Labute approximate surface area is 112 Å². The number of sulfone groups is 1. The standard InChI is InChI=1S/C13H28N2O2S/c1-4-18(16,17)10-6-8-12(15-14)11-7-5-9-13(11,2)3/h11-12,15H,4-10,14H2,1-3H3. The lowest BCUT2D eigenvalue weighted by Crippen LogP contribution is -2.44. The van der Waals surface area contributed by atoms with Crippen molar-refractivity contribution < 1.29 is 8.42 Å². The van der Waals surface area contributed by atoms with E-state index in [0.717, 1.165) is 6.42 Å². The summed E-state index contributed by atoms with van der Waals surface area (Å²) in [7, 11) is -2.84. The van der Waals surface area contributed by atoms with Crippen LogP contribution in [0.25, 0.3) is 0 Å². The van der Waals surface area contributed by atoms with Gasteiger partial charge in [-0.2, -0.15) is 0 Å². The van der Waals surface area contributed by atoms with Crippen molar-refractivity contribution in [2.45, 2.75) is 58.9 Å². The molecule has 1 fully saturated rings. The molecule has 0 saturated heterocycles. The van der Waals surface area contributed by atoms with Gasteiger partial charge in [0.05, 0.1) is 5.75 Å². The largest absolute Gasteiger partial charge is 0.271 e. The normalized spacial score (nSPS) is 25.2. The lowest BCUT2D eigenvalue weighted by molar-refractivity contribution is 0.189. The molecule has 0 aliphatic heterocycles. The molecule has 2 unspecified atom stereocenters. The topological polar surface area (TPSA) is 72.2 Å². The van der Waals surface area contributed by atoms with Crippen LogP contribution in [0.1, 0.15) is 52.9 Å². The van der Waals surface area contributed by atoms with Crippen LogP contribution in [-0.4, -0.2) is 26.0 Å². The first-order valence-electron chi connectivity index (χ1n) is 6.99. The van der Waals surface area contributed by atoms with Gasteiger partial charge >= 0.3 is 0 Å². The molecule has 0 heterocycles. The summed E-state index contributed by atoms with van der Waals surface area (Å²) in [5, 5.41) is 0. The molecule has 4 nitrogen and oxygen atoms in total. The summed E-state index contributed by atoms with van der Waals surface area (Å²) in [6.07, 6.45) is 5.25. The van der Waals surface area contributed by atoms with Crippen molar-refractivity contribution in [1.82, 2.24) is 5.43 Å². The van der Waals surface area contributed by atoms with E-state index in [9.17, 15) is 8.42 Å². The zero-order valence-electron chi connectivity index (χ0n) is 11.9. The molecule has 0 bridgehead atoms. The maximum absolute atomic E-state index is 11.5. The third kappa shape index (κ3) is 4.21. The molecule has 18 heavy (non-hydrogen) atoms. The van der Waals surface area contributed by atoms with E-state index in [1.807, 2.05) is 0 Å². The molecule has 0 amide bonds. The summed E-state index contributed by atoms with van der Waals surface area (Å²) in [5.41, 5.74) is 3.23. The Hall–Kier alpha value is -0.130. The Morgan fingerprint density at radius 1 is 1.44 bits per heavy atom. The van der Waals surface area contributed by atoms with Gasteiger partial charge in [0.25, 0.3) is 0 Å². The molecule has 108 valence electrons. The number of hydrogen-bond acceptors (Lipinski definition) is 4. The minimum absolute atomic E-state index is 0.239. The Kier molecular flexibility index (Phi) is 5.62. The summed E-state index contributed by atoms with van der Waals surface area (Å²) in [5.74, 6) is 6.74. The molecule has 0 aromatic heterocycles. The number of hydrazine groups is 1. The van der Waals surface area contributed by atoms with Gasteiger partial charge < -0.3 is 0 Å². The van der Waals surface area contributed by atoms with E-state index in [1.54, 1.807) is 6.92 Å². The van der Waals surface area contributed by atoms with Crippen molar-refractivity contribution in [3.8, 4) is 0 Å². The van der Waals surface area contributed by atoms with Gasteiger partial charge in [-0.25, -0.2) is 8.42 Å². The van der Waals surface area contributed by atoms with Crippen LogP contribution in [0.15, 0.2) is 0 Å². The highest BCUT2D eigenvalue weighted by Crippen LogP contribution is 2.45. The monoisotopic (exact) mass is 276 g/mol. The van der Waals surface area contributed by atoms with E-state index in [4.69, 9.17) is 5.84 Å². The molecule has 1 rings (SSSR count). The van der Waals surface area contributed by atoms with Crippen molar-refractivity contribution in [1.29, 1.82) is 0 Å². The Balaban J connectivity index is 2.48. The third-order valence-corrected chi connectivity index (χ3v) is 6.24. The van der Waals surface area contributed by atoms with Gasteiger partial charge in [0.15, 0.2) is 0 Å². The van der Waals surface area contributed by atoms with Crippen LogP contribution < -0.4 is 11.3 Å². The average molecular weight is 276 g/mol. The molecule has 2 atom stereocenters. The van der Waals surface area contributed by atoms with E-state index in [1.165, 1.54) is 19.3 Å². The zero-order chi connectivity index (χ0) is 13.8. The maximum Gasteiger partial charge on any atom is 0.150 e. The first-order chi connectivity index (χ1) is 8.32. The number of hydrogen-bond donors (Lipinski definition) is 2. The predicted molar refractivity (Wildman–Crippen MR) is 75.8 cm³/mol. The van der Waals surface area contributed by atoms with E-state index >= 15 is 0 Å². The minimum Gasteiger partial charge on any atom is -0.271 e. The minimum atomic E-state index is -2.84. The lowest BCUT2D eigenvalue weighted by Gasteiger charge is -2.33. The second-order valence-corrected chi connectivity index (χ2v) is 8.61. The third-order valence-electron chi connectivity index (χ3n) is 4.45. The highest BCUT2D eigenvalue weighted by atomic mass is 32.2. The Bertz CT molecular complexity index is 352. The summed E-state index contributed by atoms with van der Waals surface area (Å²) in [6, 6.07) is 0.245. The summed E-state index contributed by atoms with van der Waals surface area (Å²) in [6.45, 7) is 6.28. The van der Waals surface area contributed by atoms with Crippen LogP contribution in [0, 0.1) is 11.3 Å². The van der Waals surface area contributed by atoms with Crippen LogP contribution in [0.3, 0.4) is 0 Å². The molecule has 3 N–H and O–H groups in total. The van der Waals surface area contributed by atoms with E-state index in [-0.39, 0.29) is 17.5 Å². The molecule has 0 aromatic rings. The lowest BCUT2D eigenvalue weighted by atomic mass is 9.76. The molecule has 0 aromatic carbocycles. The molecular weight excluding hydrogens is 248 g/mol. The van der Waals surface area contributed by atoms with Crippen molar-refractivity contribution in [3.63, 3.8) is 0 Å². The fourth-order valence-electron chi connectivity index (χ4n) is 3.17. The van der Waals surface area contributed by atoms with Crippen LogP contribution in [0.2, 0.25) is 0 Å². The van der Waals surface area contributed by atoms with E-state index in [0.29, 0.717) is 17.8 Å². The first kappa shape index (κ1) is 15.9. The molecule has 1 saturated carbocycles. The van der Waals surface area contributed by atoms with Crippen LogP contribution in [0.5, 0.6) is 0 Å². The fraction of sp³-hybridized carbons (Fsp3) is 1.00. The van der Waals surface area contributed by atoms with Gasteiger partial charge in [0.2, 0.25) is 0 Å². The summed E-state index contributed by atoms with van der Waals surface area (Å²) in [4.78, 5) is 0. The number of rotatable bonds is 7. The van der Waals surface area contributed by atoms with Gasteiger partial charge in [-0.15, -0.1) is 0 Å². The average Bonchev–Trinajstić information content (AvgIpc) is 2.64. The van der Waals surface area contributed by atoms with Gasteiger partial charge in [0, 0.05) is 11.8 Å². The molecule has 5 heteroatoms. The smallest absolute Gasteiger partial charge is 0.150 e. The van der Waals surface area contributed by atoms with Gasteiger partial charge in [-0.1, -0.05) is 27.2 Å². The number of nitrogens with two attached hydrogens (primary N) is 1. The SMILES string of the molecule is CCS(=O)(=O)CCCC(NN)C1CCCC1(C)C. The quantitative estimate of drug-likeness (QED) is 0.550. The van der Waals surface area contributed by atoms with Crippen LogP contribution >= 0.6 is 0 Å². The van der Waals surface area contributed by atoms with Gasteiger partial charge in [0.1, 0.15) is 9.84 Å². The molecular formula is C13H28N2O2S. The van der Waals surface area contributed by atoms with E-state index < -0.39 is 9.84 Å². The molecule has 1 aliphatic rings. The van der Waals surface area contributed by atoms with Crippen molar-refractivity contribution in [2.75, 3.05) is 11.5 Å². The molecule has 0 radical (unpaired) electrons. The second kappa shape index (κ2) is 6.35. The van der Waals surface area contributed by atoms with Gasteiger partial charge in [-0.3, -0.25) is 11.3 Å². The van der Waals surface area contributed by atoms with Crippen LogP contribution in [0.4, 0.5) is 0 Å². The second-order valence-electron chi connectivity index (χ2n) is 6.14. The van der Waals surface area contributed by atoms with Gasteiger partial charge in [-0.05, 0) is 37.0 Å². The number of nitrogens with one attached hydrogen (secondary N) is 1. The van der Waals surface area contributed by atoms with Crippen molar-refractivity contribution in [3.05, 3.63) is 0 Å². The predicted octanol–water partition coefficient (Wildman–Crippen LogP) is 1.86. The zero-order valence-corrected chi connectivity index (χ0v) is 12.7. The Morgan fingerprint density at radius 3 is 2.56 bits per heavy atom. The summed E-state index contributed by atoms with van der Waals surface area (Å²) < 4.78 is 22.9. The Morgan fingerprint density at radius 2 is 2.11 bits per heavy atom. The first-order valence-corrected chi connectivity index (χ1v) is 8.81. The van der Waals surface area contributed by atoms with E-state index in [2.05, 4.69) is 19.3 Å². The van der Waals surface area contributed by atoms with Crippen LogP contribution in [-0.2, 0) is 9.84 Å². The molecule has 0 spiro atoms. The highest BCUT2D eigenvalue weighted by molar-refractivity contribution is 7.91. The van der Waals surface area contributed by atoms with Crippen molar-refractivity contribution >= 4 is 9.84 Å². The van der Waals surface area contributed by atoms with Crippen molar-refractivity contribution in [2.24, 2.45) is 17.2 Å². The molecule has 1 aliphatic carbocycles. The fourth-order valence-corrected chi connectivity index (χ4v) is 4.06. The summed E-state index contributed by atoms with van der Waals surface area (Å²) >= 11 is 0. The highest BCUT2D eigenvalue weighted by Gasteiger charge is 2.38.